The number of aldehydes is 1. The summed E-state index contributed by atoms with van der Waals surface area (Å²) in [7, 11) is 1.45. The van der Waals surface area contributed by atoms with Crippen LogP contribution in [0.2, 0.25) is 10.0 Å². The lowest BCUT2D eigenvalue weighted by Gasteiger charge is -2.17. The molecule has 2 aromatic carbocycles. The minimum Gasteiger partial charge on any atom is -0.493 e. The summed E-state index contributed by atoms with van der Waals surface area (Å²) >= 11 is 11.9. The Morgan fingerprint density at radius 1 is 1.17 bits per heavy atom. The number of ether oxygens (including phenoxy) is 2. The van der Waals surface area contributed by atoms with Gasteiger partial charge in [0, 0.05) is 10.6 Å². The Hall–Kier alpha value is -2.24. The van der Waals surface area contributed by atoms with Crippen LogP contribution in [0.4, 0.5) is 5.69 Å². The number of benzene rings is 2. The molecule has 0 unspecified atom stereocenters. The van der Waals surface area contributed by atoms with Crippen LogP contribution in [-0.2, 0) is 4.79 Å². The van der Waals surface area contributed by atoms with Crippen LogP contribution in [-0.4, -0.2) is 25.4 Å². The van der Waals surface area contributed by atoms with Gasteiger partial charge in [-0.05, 0) is 43.3 Å². The highest BCUT2D eigenvalue weighted by molar-refractivity contribution is 6.35. The fourth-order valence-corrected chi connectivity index (χ4v) is 2.26. The average molecular weight is 368 g/mol. The Morgan fingerprint density at radius 2 is 1.92 bits per heavy atom. The van der Waals surface area contributed by atoms with Gasteiger partial charge in [-0.3, -0.25) is 9.59 Å². The highest BCUT2D eigenvalue weighted by Gasteiger charge is 2.18. The zero-order valence-electron chi connectivity index (χ0n) is 13.0. The minimum absolute atomic E-state index is 0.350. The van der Waals surface area contributed by atoms with Crippen molar-refractivity contribution in [2.45, 2.75) is 13.0 Å². The number of carbonyl (C=O) groups excluding carboxylic acids is 2. The Balaban J connectivity index is 2.11. The van der Waals surface area contributed by atoms with Gasteiger partial charge in [0.1, 0.15) is 6.29 Å². The molecule has 0 aliphatic heterocycles. The van der Waals surface area contributed by atoms with E-state index < -0.39 is 12.0 Å². The van der Waals surface area contributed by atoms with E-state index in [1.54, 1.807) is 37.3 Å². The summed E-state index contributed by atoms with van der Waals surface area (Å²) in [4.78, 5) is 23.1. The summed E-state index contributed by atoms with van der Waals surface area (Å²) < 4.78 is 10.8. The quantitative estimate of drug-likeness (QED) is 0.776. The Kier molecular flexibility index (Phi) is 6.06. The number of hydrogen-bond acceptors (Lipinski definition) is 4. The number of rotatable bonds is 6. The standard InChI is InChI=1S/C17H15Cl2NO4/c1-10(17(22)20-14-8-12(18)4-5-13(14)19)24-15-6-3-11(9-21)7-16(15)23-2/h3-10H,1-2H3,(H,20,22)/t10-/m0/s1. The summed E-state index contributed by atoms with van der Waals surface area (Å²) in [6, 6.07) is 9.43. The average Bonchev–Trinajstić information content (AvgIpc) is 2.58. The summed E-state index contributed by atoms with van der Waals surface area (Å²) in [6.07, 6.45) is -0.125. The van der Waals surface area contributed by atoms with E-state index in [1.165, 1.54) is 13.2 Å². The van der Waals surface area contributed by atoms with Gasteiger partial charge in [0.05, 0.1) is 17.8 Å². The predicted molar refractivity (Wildman–Crippen MR) is 93.6 cm³/mol. The van der Waals surface area contributed by atoms with E-state index >= 15 is 0 Å². The van der Waals surface area contributed by atoms with Gasteiger partial charge in [-0.1, -0.05) is 23.2 Å². The largest absolute Gasteiger partial charge is 0.493 e. The van der Waals surface area contributed by atoms with Crippen LogP contribution in [0.1, 0.15) is 17.3 Å². The van der Waals surface area contributed by atoms with Crippen molar-refractivity contribution in [3.63, 3.8) is 0 Å². The monoisotopic (exact) mass is 367 g/mol. The smallest absolute Gasteiger partial charge is 0.265 e. The molecule has 1 N–H and O–H groups in total. The molecule has 0 saturated carbocycles. The first kappa shape index (κ1) is 18.1. The molecule has 0 radical (unpaired) electrons. The lowest BCUT2D eigenvalue weighted by atomic mass is 10.2. The van der Waals surface area contributed by atoms with E-state index in [9.17, 15) is 9.59 Å². The van der Waals surface area contributed by atoms with Crippen LogP contribution in [0.25, 0.3) is 0 Å². The molecule has 2 rings (SSSR count). The molecule has 1 amide bonds. The van der Waals surface area contributed by atoms with Gasteiger partial charge in [-0.2, -0.15) is 0 Å². The van der Waals surface area contributed by atoms with E-state index in [-0.39, 0.29) is 0 Å². The third-order valence-electron chi connectivity index (χ3n) is 3.18. The summed E-state index contributed by atoms with van der Waals surface area (Å²) in [5.74, 6) is 0.309. The zero-order chi connectivity index (χ0) is 17.7. The van der Waals surface area contributed by atoms with E-state index in [0.29, 0.717) is 39.1 Å². The van der Waals surface area contributed by atoms with Crippen molar-refractivity contribution < 1.29 is 19.1 Å². The van der Waals surface area contributed by atoms with Crippen LogP contribution >= 0.6 is 23.2 Å². The first-order valence-electron chi connectivity index (χ1n) is 7.00. The topological polar surface area (TPSA) is 64.6 Å². The molecule has 0 aliphatic carbocycles. The van der Waals surface area contributed by atoms with Crippen LogP contribution in [0, 0.1) is 0 Å². The van der Waals surface area contributed by atoms with Crippen LogP contribution in [0.15, 0.2) is 36.4 Å². The Morgan fingerprint density at radius 3 is 2.58 bits per heavy atom. The number of nitrogens with one attached hydrogen (secondary N) is 1. The number of halogens is 2. The Labute approximate surface area is 149 Å². The van der Waals surface area contributed by atoms with Crippen molar-refractivity contribution in [3.8, 4) is 11.5 Å². The van der Waals surface area contributed by atoms with Gasteiger partial charge in [0.25, 0.3) is 5.91 Å². The fourth-order valence-electron chi connectivity index (χ4n) is 1.93. The summed E-state index contributed by atoms with van der Waals surface area (Å²) in [5.41, 5.74) is 0.842. The molecule has 2 aromatic rings. The third kappa shape index (κ3) is 4.40. The molecule has 7 heteroatoms. The lowest BCUT2D eigenvalue weighted by Crippen LogP contribution is -2.30. The van der Waals surface area contributed by atoms with E-state index in [2.05, 4.69) is 5.32 Å². The van der Waals surface area contributed by atoms with Crippen molar-refractivity contribution in [1.82, 2.24) is 0 Å². The van der Waals surface area contributed by atoms with Crippen molar-refractivity contribution >= 4 is 41.1 Å². The normalized spacial score (nSPS) is 11.5. The molecule has 0 bridgehead atoms. The highest BCUT2D eigenvalue weighted by atomic mass is 35.5. The summed E-state index contributed by atoms with van der Waals surface area (Å²) in [6.45, 7) is 1.58. The first-order chi connectivity index (χ1) is 11.4. The molecule has 0 heterocycles. The van der Waals surface area contributed by atoms with Gasteiger partial charge in [0.15, 0.2) is 17.6 Å². The van der Waals surface area contributed by atoms with Crippen molar-refractivity contribution in [3.05, 3.63) is 52.0 Å². The molecule has 0 spiro atoms. The number of hydrogen-bond donors (Lipinski definition) is 1. The molecule has 24 heavy (non-hydrogen) atoms. The van der Waals surface area contributed by atoms with Gasteiger partial charge < -0.3 is 14.8 Å². The second-order valence-corrected chi connectivity index (χ2v) is 5.75. The van der Waals surface area contributed by atoms with Crippen molar-refractivity contribution in [2.75, 3.05) is 12.4 Å². The van der Waals surface area contributed by atoms with E-state index in [0.717, 1.165) is 0 Å². The van der Waals surface area contributed by atoms with Gasteiger partial charge in [-0.25, -0.2) is 0 Å². The maximum atomic E-state index is 12.3. The second-order valence-electron chi connectivity index (χ2n) is 4.90. The van der Waals surface area contributed by atoms with Gasteiger partial charge >= 0.3 is 0 Å². The van der Waals surface area contributed by atoms with Gasteiger partial charge in [-0.15, -0.1) is 0 Å². The van der Waals surface area contributed by atoms with Crippen molar-refractivity contribution in [2.24, 2.45) is 0 Å². The molecular weight excluding hydrogens is 353 g/mol. The third-order valence-corrected chi connectivity index (χ3v) is 3.75. The van der Waals surface area contributed by atoms with Crippen LogP contribution < -0.4 is 14.8 Å². The van der Waals surface area contributed by atoms with Crippen LogP contribution in [0.3, 0.4) is 0 Å². The first-order valence-corrected chi connectivity index (χ1v) is 7.76. The fraction of sp³-hybridized carbons (Fsp3) is 0.176. The molecule has 126 valence electrons. The molecule has 5 nitrogen and oxygen atoms in total. The minimum atomic E-state index is -0.823. The summed E-state index contributed by atoms with van der Waals surface area (Å²) in [5, 5.41) is 3.48. The maximum Gasteiger partial charge on any atom is 0.265 e. The predicted octanol–water partition coefficient (Wildman–Crippen LogP) is 4.22. The van der Waals surface area contributed by atoms with E-state index in [1.807, 2.05) is 0 Å². The van der Waals surface area contributed by atoms with E-state index in [4.69, 9.17) is 32.7 Å². The molecule has 1 atom stereocenters. The van der Waals surface area contributed by atoms with Gasteiger partial charge in [0.2, 0.25) is 0 Å². The second kappa shape index (κ2) is 8.04. The number of amides is 1. The SMILES string of the molecule is COc1cc(C=O)ccc1O[C@@H](C)C(=O)Nc1cc(Cl)ccc1Cl. The number of methoxy groups -OCH3 is 1. The lowest BCUT2D eigenvalue weighted by molar-refractivity contribution is -0.122. The zero-order valence-corrected chi connectivity index (χ0v) is 14.5. The number of carbonyl (C=O) groups is 2. The van der Waals surface area contributed by atoms with Crippen LogP contribution in [0.5, 0.6) is 11.5 Å². The molecule has 0 fully saturated rings. The molecule has 0 aliphatic rings. The highest BCUT2D eigenvalue weighted by Crippen LogP contribution is 2.29. The Bertz CT molecular complexity index is 764. The number of anilines is 1. The maximum absolute atomic E-state index is 12.3. The molecule has 0 aromatic heterocycles. The molecule has 0 saturated heterocycles. The molecular formula is C17H15Cl2NO4. The van der Waals surface area contributed by atoms with Crippen molar-refractivity contribution in [1.29, 1.82) is 0 Å².